The number of carbonyl (C=O) groups excluding carboxylic acids is 1. The number of hydrogen-bond donors (Lipinski definition) is 2. The van der Waals surface area contributed by atoms with E-state index in [1.807, 2.05) is 0 Å². The number of aromatic nitrogens is 2. The van der Waals surface area contributed by atoms with Crippen LogP contribution in [0.2, 0.25) is 0 Å². The second kappa shape index (κ2) is 9.20. The Morgan fingerprint density at radius 3 is 2.63 bits per heavy atom. The van der Waals surface area contributed by atoms with E-state index in [0.29, 0.717) is 17.8 Å². The molecule has 0 spiro atoms. The molecule has 27 heavy (non-hydrogen) atoms. The van der Waals surface area contributed by atoms with Gasteiger partial charge in [0, 0.05) is 51.0 Å². The molecule has 3 rings (SSSR count). The first-order chi connectivity index (χ1) is 12.4. The SMILES string of the molecule is Cl.O=C(NCCN1CCNCC1)c1cccc(-n2ccc(C(F)(F)F)n2)c1. The number of alkyl halides is 3. The van der Waals surface area contributed by atoms with Gasteiger partial charge in [-0.1, -0.05) is 6.07 Å². The monoisotopic (exact) mass is 403 g/mol. The van der Waals surface area contributed by atoms with E-state index in [1.165, 1.54) is 12.3 Å². The van der Waals surface area contributed by atoms with Crippen LogP contribution in [0.25, 0.3) is 5.69 Å². The molecule has 0 saturated carbocycles. The normalized spacial score (nSPS) is 15.2. The van der Waals surface area contributed by atoms with E-state index in [2.05, 4.69) is 20.6 Å². The molecule has 1 fully saturated rings. The number of amides is 1. The van der Waals surface area contributed by atoms with Crippen LogP contribution < -0.4 is 10.6 Å². The molecule has 148 valence electrons. The third-order valence-corrected chi connectivity index (χ3v) is 4.18. The van der Waals surface area contributed by atoms with Crippen LogP contribution in [0.1, 0.15) is 16.1 Å². The third-order valence-electron chi connectivity index (χ3n) is 4.18. The van der Waals surface area contributed by atoms with Crippen molar-refractivity contribution in [3.05, 3.63) is 47.8 Å². The summed E-state index contributed by atoms with van der Waals surface area (Å²) in [4.78, 5) is 14.5. The first kappa shape index (κ1) is 21.2. The van der Waals surface area contributed by atoms with Gasteiger partial charge in [0.25, 0.3) is 5.91 Å². The van der Waals surface area contributed by atoms with Crippen molar-refractivity contribution in [3.63, 3.8) is 0 Å². The molecule has 0 bridgehead atoms. The molecule has 1 aromatic heterocycles. The van der Waals surface area contributed by atoms with Crippen molar-refractivity contribution >= 4 is 18.3 Å². The fourth-order valence-electron chi connectivity index (χ4n) is 2.77. The Labute approximate surface area is 161 Å². The van der Waals surface area contributed by atoms with Crippen LogP contribution in [0.5, 0.6) is 0 Å². The standard InChI is InChI=1S/C17H20F3N5O.ClH/c18-17(19,20)15-4-8-25(23-15)14-3-1-2-13(12-14)16(26)22-7-11-24-9-5-21-6-10-24;/h1-4,8,12,21H,5-7,9-11H2,(H,22,26);1H. The number of rotatable bonds is 5. The quantitative estimate of drug-likeness (QED) is 0.801. The summed E-state index contributed by atoms with van der Waals surface area (Å²) >= 11 is 0. The second-order valence-corrected chi connectivity index (χ2v) is 6.04. The van der Waals surface area contributed by atoms with Gasteiger partial charge in [-0.2, -0.15) is 18.3 Å². The van der Waals surface area contributed by atoms with E-state index in [-0.39, 0.29) is 18.3 Å². The average molecular weight is 404 g/mol. The van der Waals surface area contributed by atoms with E-state index in [9.17, 15) is 18.0 Å². The molecule has 0 aliphatic carbocycles. The van der Waals surface area contributed by atoms with E-state index in [0.717, 1.165) is 43.5 Å². The van der Waals surface area contributed by atoms with Gasteiger partial charge in [0.1, 0.15) is 0 Å². The molecule has 2 aromatic rings. The van der Waals surface area contributed by atoms with Crippen LogP contribution in [-0.4, -0.2) is 59.9 Å². The summed E-state index contributed by atoms with van der Waals surface area (Å²) in [5, 5.41) is 9.63. The van der Waals surface area contributed by atoms with Crippen molar-refractivity contribution in [3.8, 4) is 5.69 Å². The second-order valence-electron chi connectivity index (χ2n) is 6.04. The summed E-state index contributed by atoms with van der Waals surface area (Å²) in [6.07, 6.45) is -3.27. The highest BCUT2D eigenvalue weighted by Gasteiger charge is 2.33. The average Bonchev–Trinajstić information content (AvgIpc) is 3.13. The summed E-state index contributed by atoms with van der Waals surface area (Å²) < 4.78 is 39.1. The zero-order chi connectivity index (χ0) is 18.6. The number of nitrogens with zero attached hydrogens (tertiary/aromatic N) is 3. The Hall–Kier alpha value is -2.10. The summed E-state index contributed by atoms with van der Waals surface area (Å²) in [5.41, 5.74) is -0.189. The summed E-state index contributed by atoms with van der Waals surface area (Å²) in [6.45, 7) is 5.07. The van der Waals surface area contributed by atoms with Gasteiger partial charge in [0.15, 0.2) is 5.69 Å². The molecule has 0 radical (unpaired) electrons. The Bertz CT molecular complexity index is 759. The summed E-state index contributed by atoms with van der Waals surface area (Å²) in [7, 11) is 0. The molecule has 1 aliphatic rings. The van der Waals surface area contributed by atoms with Crippen LogP contribution in [0, 0.1) is 0 Å². The highest BCUT2D eigenvalue weighted by molar-refractivity contribution is 5.94. The van der Waals surface area contributed by atoms with Gasteiger partial charge in [-0.25, -0.2) is 4.68 Å². The molecule has 1 amide bonds. The van der Waals surface area contributed by atoms with Gasteiger partial charge >= 0.3 is 6.18 Å². The van der Waals surface area contributed by atoms with Crippen LogP contribution in [-0.2, 0) is 6.18 Å². The first-order valence-electron chi connectivity index (χ1n) is 8.38. The zero-order valence-electron chi connectivity index (χ0n) is 14.5. The van der Waals surface area contributed by atoms with Gasteiger partial charge in [0.05, 0.1) is 5.69 Å². The van der Waals surface area contributed by atoms with E-state index in [1.54, 1.807) is 18.2 Å². The maximum atomic E-state index is 12.7. The van der Waals surface area contributed by atoms with E-state index >= 15 is 0 Å². The molecule has 10 heteroatoms. The molecule has 2 heterocycles. The fraction of sp³-hybridized carbons (Fsp3) is 0.412. The lowest BCUT2D eigenvalue weighted by atomic mass is 10.2. The van der Waals surface area contributed by atoms with Crippen LogP contribution >= 0.6 is 12.4 Å². The largest absolute Gasteiger partial charge is 0.435 e. The van der Waals surface area contributed by atoms with Gasteiger partial charge in [-0.15, -0.1) is 12.4 Å². The predicted octanol–water partition coefficient (Wildman–Crippen LogP) is 1.95. The van der Waals surface area contributed by atoms with Crippen molar-refractivity contribution in [1.82, 2.24) is 25.3 Å². The highest BCUT2D eigenvalue weighted by atomic mass is 35.5. The maximum absolute atomic E-state index is 12.7. The van der Waals surface area contributed by atoms with E-state index < -0.39 is 11.9 Å². The molecule has 0 atom stereocenters. The Kier molecular flexibility index (Phi) is 7.23. The van der Waals surface area contributed by atoms with Gasteiger partial charge in [0.2, 0.25) is 0 Å². The topological polar surface area (TPSA) is 62.2 Å². The minimum absolute atomic E-state index is 0. The molecular formula is C17H21ClF3N5O. The van der Waals surface area contributed by atoms with Crippen LogP contribution in [0.4, 0.5) is 13.2 Å². The van der Waals surface area contributed by atoms with E-state index in [4.69, 9.17) is 0 Å². The van der Waals surface area contributed by atoms with Crippen LogP contribution in [0.15, 0.2) is 36.5 Å². The minimum Gasteiger partial charge on any atom is -0.351 e. The van der Waals surface area contributed by atoms with Gasteiger partial charge in [-0.05, 0) is 24.3 Å². The number of carbonyl (C=O) groups is 1. The summed E-state index contributed by atoms with van der Waals surface area (Å²) in [6, 6.07) is 7.27. The highest BCUT2D eigenvalue weighted by Crippen LogP contribution is 2.27. The number of benzene rings is 1. The van der Waals surface area contributed by atoms with Crippen molar-refractivity contribution in [2.24, 2.45) is 0 Å². The molecule has 1 aliphatic heterocycles. The first-order valence-corrected chi connectivity index (χ1v) is 8.38. The smallest absolute Gasteiger partial charge is 0.351 e. The molecule has 0 unspecified atom stereocenters. The summed E-state index contributed by atoms with van der Waals surface area (Å²) in [5.74, 6) is -0.259. The fourth-order valence-corrected chi connectivity index (χ4v) is 2.77. The Morgan fingerprint density at radius 1 is 1.22 bits per heavy atom. The van der Waals surface area contributed by atoms with Gasteiger partial charge < -0.3 is 10.6 Å². The number of hydrogen-bond acceptors (Lipinski definition) is 4. The Morgan fingerprint density at radius 2 is 1.96 bits per heavy atom. The third kappa shape index (κ3) is 5.69. The zero-order valence-corrected chi connectivity index (χ0v) is 15.3. The lowest BCUT2D eigenvalue weighted by Gasteiger charge is -2.27. The molecule has 2 N–H and O–H groups in total. The van der Waals surface area contributed by atoms with Crippen molar-refractivity contribution in [2.45, 2.75) is 6.18 Å². The lowest BCUT2D eigenvalue weighted by molar-refractivity contribution is -0.141. The number of halogens is 4. The van der Waals surface area contributed by atoms with Crippen molar-refractivity contribution in [2.75, 3.05) is 39.3 Å². The molecular weight excluding hydrogens is 383 g/mol. The molecule has 1 saturated heterocycles. The van der Waals surface area contributed by atoms with Gasteiger partial charge in [-0.3, -0.25) is 9.69 Å². The minimum atomic E-state index is -4.50. The number of nitrogens with one attached hydrogen (secondary N) is 2. The predicted molar refractivity (Wildman–Crippen MR) is 97.5 cm³/mol. The Balaban J connectivity index is 0.00000261. The number of piperazine rings is 1. The molecule has 1 aromatic carbocycles. The van der Waals surface area contributed by atoms with Crippen molar-refractivity contribution < 1.29 is 18.0 Å². The molecule has 6 nitrogen and oxygen atoms in total. The van der Waals surface area contributed by atoms with Crippen LogP contribution in [0.3, 0.4) is 0 Å². The maximum Gasteiger partial charge on any atom is 0.435 e. The lowest BCUT2D eigenvalue weighted by Crippen LogP contribution is -2.46. The van der Waals surface area contributed by atoms with Crippen molar-refractivity contribution in [1.29, 1.82) is 0 Å².